The maximum atomic E-state index is 12.5. The van der Waals surface area contributed by atoms with Crippen LogP contribution in [0.3, 0.4) is 0 Å². The van der Waals surface area contributed by atoms with Gasteiger partial charge in [-0.1, -0.05) is 79.7 Å². The fourth-order valence-corrected chi connectivity index (χ4v) is 3.23. The van der Waals surface area contributed by atoms with Gasteiger partial charge in [-0.25, -0.2) is 0 Å². The summed E-state index contributed by atoms with van der Waals surface area (Å²) in [5.74, 6) is 0.432. The van der Waals surface area contributed by atoms with E-state index in [0.717, 1.165) is 36.8 Å². The van der Waals surface area contributed by atoms with Gasteiger partial charge in [0.25, 0.3) is 0 Å². The summed E-state index contributed by atoms with van der Waals surface area (Å²) in [5, 5.41) is 0. The van der Waals surface area contributed by atoms with Crippen LogP contribution in [0.4, 0.5) is 0 Å². The van der Waals surface area contributed by atoms with Crippen LogP contribution in [-0.2, 0) is 11.2 Å². The Morgan fingerprint density at radius 2 is 1.41 bits per heavy atom. The molecule has 0 saturated carbocycles. The predicted octanol–water partition coefficient (Wildman–Crippen LogP) is 6.31. The van der Waals surface area contributed by atoms with Crippen molar-refractivity contribution in [3.05, 3.63) is 90.5 Å². The summed E-state index contributed by atoms with van der Waals surface area (Å²) >= 11 is 0. The van der Waals surface area contributed by atoms with Crippen molar-refractivity contribution in [3.63, 3.8) is 0 Å². The van der Waals surface area contributed by atoms with Crippen LogP contribution in [0.5, 0.6) is 5.75 Å². The first kappa shape index (κ1) is 18.9. The monoisotopic (exact) mass is 358 g/mol. The molecule has 0 aliphatic carbocycles. The Kier molecular flexibility index (Phi) is 6.81. The summed E-state index contributed by atoms with van der Waals surface area (Å²) in [5.41, 5.74) is 3.59. The van der Waals surface area contributed by atoms with Gasteiger partial charge in [0.2, 0.25) is 0 Å². The average Bonchev–Trinajstić information content (AvgIpc) is 2.73. The van der Waals surface area contributed by atoms with Gasteiger partial charge in [0.1, 0.15) is 5.75 Å². The van der Waals surface area contributed by atoms with Crippen LogP contribution in [-0.4, -0.2) is 5.97 Å². The molecule has 0 N–H and O–H groups in total. The van der Waals surface area contributed by atoms with E-state index in [1.54, 1.807) is 0 Å². The number of esters is 1. The molecule has 0 saturated heterocycles. The Hall–Kier alpha value is -2.87. The first-order chi connectivity index (χ1) is 13.3. The molecule has 0 fully saturated rings. The van der Waals surface area contributed by atoms with Crippen LogP contribution < -0.4 is 4.74 Å². The molecule has 27 heavy (non-hydrogen) atoms. The lowest BCUT2D eigenvalue weighted by molar-refractivity contribution is -0.139. The lowest BCUT2D eigenvalue weighted by Crippen LogP contribution is -2.20. The minimum Gasteiger partial charge on any atom is -0.426 e. The van der Waals surface area contributed by atoms with Crippen LogP contribution in [0.2, 0.25) is 0 Å². The molecule has 0 spiro atoms. The normalized spacial score (nSPS) is 11.7. The fraction of sp³-hybridized carbons (Fsp3) is 0.240. The van der Waals surface area contributed by atoms with Gasteiger partial charge in [0.05, 0.1) is 5.92 Å². The second-order valence-corrected chi connectivity index (χ2v) is 6.79. The molecule has 1 atom stereocenters. The third-order valence-corrected chi connectivity index (χ3v) is 4.87. The molecule has 0 amide bonds. The highest BCUT2D eigenvalue weighted by molar-refractivity contribution is 5.75. The molecule has 0 radical (unpaired) electrons. The van der Waals surface area contributed by atoms with Crippen molar-refractivity contribution in [1.29, 1.82) is 0 Å². The van der Waals surface area contributed by atoms with Crippen LogP contribution in [0.1, 0.15) is 31.7 Å². The maximum absolute atomic E-state index is 12.5. The van der Waals surface area contributed by atoms with Crippen molar-refractivity contribution in [2.45, 2.75) is 32.6 Å². The number of benzene rings is 3. The van der Waals surface area contributed by atoms with E-state index in [2.05, 4.69) is 36.4 Å². The number of aryl methyl sites for hydroxylation is 1. The Morgan fingerprint density at radius 3 is 2.04 bits per heavy atom. The summed E-state index contributed by atoms with van der Waals surface area (Å²) in [7, 11) is 0. The fourth-order valence-electron chi connectivity index (χ4n) is 3.23. The first-order valence-electron chi connectivity index (χ1n) is 9.67. The number of hydrogen-bond acceptors (Lipinski definition) is 2. The zero-order chi connectivity index (χ0) is 18.9. The molecule has 3 aromatic carbocycles. The maximum Gasteiger partial charge on any atom is 0.314 e. The van der Waals surface area contributed by atoms with Gasteiger partial charge in [-0.05, 0) is 54.5 Å². The minimum atomic E-state index is -0.127. The smallest absolute Gasteiger partial charge is 0.314 e. The second kappa shape index (κ2) is 9.72. The standard InChI is InChI=1S/C25H26O2/c1-2-21(15-9-12-20-10-5-3-6-11-20)25(26)27-24-18-16-23(17-19-24)22-13-7-4-8-14-22/h3-8,10-11,13-14,16-19,21H,2,9,12,15H2,1H3. The van der Waals surface area contributed by atoms with E-state index in [-0.39, 0.29) is 11.9 Å². The van der Waals surface area contributed by atoms with Crippen molar-refractivity contribution in [2.75, 3.05) is 0 Å². The predicted molar refractivity (Wildman–Crippen MR) is 111 cm³/mol. The molecule has 138 valence electrons. The van der Waals surface area contributed by atoms with Gasteiger partial charge in [-0.15, -0.1) is 0 Å². The van der Waals surface area contributed by atoms with Gasteiger partial charge < -0.3 is 4.74 Å². The molecular weight excluding hydrogens is 332 g/mol. The third kappa shape index (κ3) is 5.55. The Balaban J connectivity index is 1.53. The van der Waals surface area contributed by atoms with E-state index in [1.807, 2.05) is 55.5 Å². The van der Waals surface area contributed by atoms with Gasteiger partial charge >= 0.3 is 5.97 Å². The van der Waals surface area contributed by atoms with Crippen molar-refractivity contribution >= 4 is 5.97 Å². The number of ether oxygens (including phenoxy) is 1. The molecule has 2 heteroatoms. The molecule has 0 aliphatic heterocycles. The Bertz CT molecular complexity index is 823. The number of carbonyl (C=O) groups is 1. The van der Waals surface area contributed by atoms with Crippen molar-refractivity contribution < 1.29 is 9.53 Å². The van der Waals surface area contributed by atoms with E-state index in [1.165, 1.54) is 5.56 Å². The van der Waals surface area contributed by atoms with Crippen LogP contribution in [0.15, 0.2) is 84.9 Å². The molecule has 3 rings (SSSR count). The highest BCUT2D eigenvalue weighted by Gasteiger charge is 2.18. The zero-order valence-electron chi connectivity index (χ0n) is 15.8. The number of carbonyl (C=O) groups excluding carboxylic acids is 1. The van der Waals surface area contributed by atoms with E-state index < -0.39 is 0 Å². The average molecular weight is 358 g/mol. The number of rotatable bonds is 8. The first-order valence-corrected chi connectivity index (χ1v) is 9.67. The highest BCUT2D eigenvalue weighted by atomic mass is 16.5. The molecule has 0 heterocycles. The molecule has 3 aromatic rings. The zero-order valence-corrected chi connectivity index (χ0v) is 15.8. The summed E-state index contributed by atoms with van der Waals surface area (Å²) in [6.45, 7) is 2.05. The summed E-state index contributed by atoms with van der Waals surface area (Å²) < 4.78 is 5.62. The van der Waals surface area contributed by atoms with E-state index in [9.17, 15) is 4.79 Å². The minimum absolute atomic E-state index is 0.0532. The van der Waals surface area contributed by atoms with Crippen LogP contribution in [0, 0.1) is 5.92 Å². The van der Waals surface area contributed by atoms with Crippen molar-refractivity contribution in [2.24, 2.45) is 5.92 Å². The van der Waals surface area contributed by atoms with Gasteiger partial charge in [-0.3, -0.25) is 4.79 Å². The van der Waals surface area contributed by atoms with Crippen LogP contribution >= 0.6 is 0 Å². The van der Waals surface area contributed by atoms with E-state index in [0.29, 0.717) is 5.75 Å². The topological polar surface area (TPSA) is 26.3 Å². The summed E-state index contributed by atoms with van der Waals surface area (Å²) in [6.07, 6.45) is 3.64. The van der Waals surface area contributed by atoms with Gasteiger partial charge in [0.15, 0.2) is 0 Å². The molecule has 0 aliphatic rings. The SMILES string of the molecule is CCC(CCCc1ccccc1)C(=O)Oc1ccc(-c2ccccc2)cc1. The summed E-state index contributed by atoms with van der Waals surface area (Å²) in [6, 6.07) is 28.3. The Labute approximate surface area is 161 Å². The van der Waals surface area contributed by atoms with Gasteiger partial charge in [-0.2, -0.15) is 0 Å². The van der Waals surface area contributed by atoms with Gasteiger partial charge in [0, 0.05) is 0 Å². The molecule has 2 nitrogen and oxygen atoms in total. The largest absolute Gasteiger partial charge is 0.426 e. The quantitative estimate of drug-likeness (QED) is 0.348. The van der Waals surface area contributed by atoms with Crippen LogP contribution in [0.25, 0.3) is 11.1 Å². The summed E-state index contributed by atoms with van der Waals surface area (Å²) in [4.78, 5) is 12.5. The molecule has 0 aromatic heterocycles. The van der Waals surface area contributed by atoms with E-state index in [4.69, 9.17) is 4.74 Å². The van der Waals surface area contributed by atoms with Crippen molar-refractivity contribution in [3.8, 4) is 16.9 Å². The van der Waals surface area contributed by atoms with E-state index >= 15 is 0 Å². The third-order valence-electron chi connectivity index (χ3n) is 4.87. The second-order valence-electron chi connectivity index (χ2n) is 6.79. The highest BCUT2D eigenvalue weighted by Crippen LogP contribution is 2.23. The lowest BCUT2D eigenvalue weighted by atomic mass is 9.97. The lowest BCUT2D eigenvalue weighted by Gasteiger charge is -2.14. The molecule has 0 bridgehead atoms. The Morgan fingerprint density at radius 1 is 0.815 bits per heavy atom. The van der Waals surface area contributed by atoms with Crippen molar-refractivity contribution in [1.82, 2.24) is 0 Å². The molecular formula is C25H26O2. The molecule has 1 unspecified atom stereocenters. The number of hydrogen-bond donors (Lipinski definition) is 0.